The van der Waals surface area contributed by atoms with E-state index in [0.29, 0.717) is 0 Å². The third-order valence-corrected chi connectivity index (χ3v) is 2.81. The quantitative estimate of drug-likeness (QED) is 0.754. The highest BCUT2D eigenvalue weighted by Crippen LogP contribution is 2.14. The first-order chi connectivity index (χ1) is 6.88. The second kappa shape index (κ2) is 4.53. The molecule has 14 heavy (non-hydrogen) atoms. The molecular weight excluding hydrogens is 174 g/mol. The van der Waals surface area contributed by atoms with Gasteiger partial charge in [0, 0.05) is 32.0 Å². The van der Waals surface area contributed by atoms with Gasteiger partial charge in [-0.25, -0.2) is 0 Å². The monoisotopic (exact) mass is 191 g/mol. The van der Waals surface area contributed by atoms with E-state index in [-0.39, 0.29) is 0 Å². The molecule has 0 saturated carbocycles. The van der Waals surface area contributed by atoms with Crippen LogP contribution in [0.2, 0.25) is 0 Å². The molecule has 1 saturated heterocycles. The Bertz CT molecular complexity index is 267. The van der Waals surface area contributed by atoms with Gasteiger partial charge in [0.15, 0.2) is 0 Å². The molecule has 3 nitrogen and oxygen atoms in total. The summed E-state index contributed by atoms with van der Waals surface area (Å²) < 4.78 is 0. The number of rotatable bonds is 4. The summed E-state index contributed by atoms with van der Waals surface area (Å²) in [6.45, 7) is 4.33. The molecule has 2 N–H and O–H groups in total. The molecule has 1 aliphatic rings. The highest BCUT2D eigenvalue weighted by molar-refractivity contribution is 5.08. The molecular formula is C11H17N3. The molecule has 0 spiro atoms. The van der Waals surface area contributed by atoms with Crippen LogP contribution in [0.15, 0.2) is 24.5 Å². The fourth-order valence-corrected chi connectivity index (χ4v) is 1.84. The van der Waals surface area contributed by atoms with Crippen molar-refractivity contribution in [1.82, 2.24) is 9.88 Å². The van der Waals surface area contributed by atoms with Gasteiger partial charge in [0.2, 0.25) is 0 Å². The van der Waals surface area contributed by atoms with Crippen LogP contribution in [0.3, 0.4) is 0 Å². The zero-order chi connectivity index (χ0) is 9.80. The van der Waals surface area contributed by atoms with Crippen LogP contribution in [0.1, 0.15) is 5.56 Å². The highest BCUT2D eigenvalue weighted by Gasteiger charge is 2.24. The normalized spacial score (nSPS) is 18.1. The number of pyridine rings is 1. The van der Waals surface area contributed by atoms with E-state index in [4.69, 9.17) is 5.73 Å². The minimum absolute atomic E-state index is 0.740. The molecule has 0 atom stereocenters. The Morgan fingerprint density at radius 1 is 1.50 bits per heavy atom. The minimum Gasteiger partial charge on any atom is -0.330 e. The lowest BCUT2D eigenvalue weighted by Crippen LogP contribution is -2.50. The van der Waals surface area contributed by atoms with E-state index in [9.17, 15) is 0 Å². The molecule has 1 aromatic rings. The van der Waals surface area contributed by atoms with Crippen LogP contribution >= 0.6 is 0 Å². The predicted molar refractivity (Wildman–Crippen MR) is 56.9 cm³/mol. The summed E-state index contributed by atoms with van der Waals surface area (Å²) in [6.07, 6.45) is 4.86. The molecule has 0 unspecified atom stereocenters. The Labute approximate surface area is 84.9 Å². The van der Waals surface area contributed by atoms with Gasteiger partial charge in [-0.3, -0.25) is 4.98 Å². The molecule has 1 fully saturated rings. The van der Waals surface area contributed by atoms with Gasteiger partial charge in [0.1, 0.15) is 0 Å². The summed E-state index contributed by atoms with van der Waals surface area (Å²) in [5.74, 6) is 0.740. The number of nitrogens with zero attached hydrogens (tertiary/aromatic N) is 2. The van der Waals surface area contributed by atoms with E-state index >= 15 is 0 Å². The lowest BCUT2D eigenvalue weighted by atomic mass is 10.00. The molecule has 2 heterocycles. The lowest BCUT2D eigenvalue weighted by Gasteiger charge is -2.38. The summed E-state index contributed by atoms with van der Waals surface area (Å²) in [6, 6.07) is 4.13. The molecule has 0 amide bonds. The summed E-state index contributed by atoms with van der Waals surface area (Å²) in [5, 5.41) is 0. The van der Waals surface area contributed by atoms with Gasteiger partial charge in [-0.05, 0) is 30.5 Å². The lowest BCUT2D eigenvalue weighted by molar-refractivity contribution is 0.108. The van der Waals surface area contributed by atoms with Crippen molar-refractivity contribution in [1.29, 1.82) is 0 Å². The standard InChI is InChI=1S/C11H17N3/c12-6-11-8-14(9-11)5-3-10-2-1-4-13-7-10/h1-2,4,7,11H,3,5-6,8-9,12H2. The van der Waals surface area contributed by atoms with E-state index in [0.717, 1.165) is 25.4 Å². The number of aromatic nitrogens is 1. The molecule has 0 aromatic carbocycles. The molecule has 2 rings (SSSR count). The average molecular weight is 191 g/mol. The molecule has 76 valence electrons. The van der Waals surface area contributed by atoms with Crippen LogP contribution < -0.4 is 5.73 Å². The zero-order valence-electron chi connectivity index (χ0n) is 8.39. The van der Waals surface area contributed by atoms with Gasteiger partial charge >= 0.3 is 0 Å². The Balaban J connectivity index is 1.69. The van der Waals surface area contributed by atoms with Crippen LogP contribution in [0, 0.1) is 5.92 Å². The smallest absolute Gasteiger partial charge is 0.0300 e. The van der Waals surface area contributed by atoms with Crippen molar-refractivity contribution in [2.45, 2.75) is 6.42 Å². The van der Waals surface area contributed by atoms with Crippen LogP contribution in [0.4, 0.5) is 0 Å². The summed E-state index contributed by atoms with van der Waals surface area (Å²) in [7, 11) is 0. The molecule has 0 bridgehead atoms. The fraction of sp³-hybridized carbons (Fsp3) is 0.545. The topological polar surface area (TPSA) is 42.1 Å². The van der Waals surface area contributed by atoms with E-state index in [2.05, 4.69) is 16.0 Å². The number of hydrogen-bond acceptors (Lipinski definition) is 3. The molecule has 0 radical (unpaired) electrons. The summed E-state index contributed by atoms with van der Waals surface area (Å²) in [5.41, 5.74) is 6.89. The molecule has 0 aliphatic carbocycles. The van der Waals surface area contributed by atoms with Gasteiger partial charge in [-0.2, -0.15) is 0 Å². The predicted octanol–water partition coefficient (Wildman–Crippen LogP) is 0.515. The maximum absolute atomic E-state index is 5.57. The van der Waals surface area contributed by atoms with E-state index < -0.39 is 0 Å². The van der Waals surface area contributed by atoms with Crippen LogP contribution in [0.25, 0.3) is 0 Å². The molecule has 1 aliphatic heterocycles. The van der Waals surface area contributed by atoms with Gasteiger partial charge in [-0.15, -0.1) is 0 Å². The summed E-state index contributed by atoms with van der Waals surface area (Å²) in [4.78, 5) is 6.55. The van der Waals surface area contributed by atoms with Crippen molar-refractivity contribution in [3.05, 3.63) is 30.1 Å². The van der Waals surface area contributed by atoms with Crippen molar-refractivity contribution in [3.8, 4) is 0 Å². The Kier molecular flexibility index (Phi) is 3.11. The maximum Gasteiger partial charge on any atom is 0.0300 e. The van der Waals surface area contributed by atoms with Crippen molar-refractivity contribution < 1.29 is 0 Å². The first-order valence-electron chi connectivity index (χ1n) is 5.20. The van der Waals surface area contributed by atoms with Crippen molar-refractivity contribution in [3.63, 3.8) is 0 Å². The fourth-order valence-electron chi connectivity index (χ4n) is 1.84. The van der Waals surface area contributed by atoms with Crippen LogP contribution in [0.5, 0.6) is 0 Å². The Morgan fingerprint density at radius 2 is 2.36 bits per heavy atom. The van der Waals surface area contributed by atoms with Gasteiger partial charge in [0.05, 0.1) is 0 Å². The van der Waals surface area contributed by atoms with Gasteiger partial charge < -0.3 is 10.6 Å². The Morgan fingerprint density at radius 3 is 3.00 bits per heavy atom. The van der Waals surface area contributed by atoms with Crippen molar-refractivity contribution >= 4 is 0 Å². The number of likely N-dealkylation sites (tertiary alicyclic amines) is 1. The second-order valence-electron chi connectivity index (χ2n) is 3.97. The average Bonchev–Trinajstić information content (AvgIpc) is 2.17. The second-order valence-corrected chi connectivity index (χ2v) is 3.97. The number of hydrogen-bond donors (Lipinski definition) is 1. The minimum atomic E-state index is 0.740. The SMILES string of the molecule is NCC1CN(CCc2cccnc2)C1. The van der Waals surface area contributed by atoms with Crippen LogP contribution in [-0.4, -0.2) is 36.1 Å². The molecule has 1 aromatic heterocycles. The number of nitrogens with two attached hydrogens (primary N) is 1. The van der Waals surface area contributed by atoms with E-state index in [1.165, 1.54) is 18.7 Å². The van der Waals surface area contributed by atoms with E-state index in [1.54, 1.807) is 0 Å². The van der Waals surface area contributed by atoms with Crippen molar-refractivity contribution in [2.24, 2.45) is 11.7 Å². The van der Waals surface area contributed by atoms with Gasteiger partial charge in [-0.1, -0.05) is 6.07 Å². The van der Waals surface area contributed by atoms with Gasteiger partial charge in [0.25, 0.3) is 0 Å². The highest BCUT2D eigenvalue weighted by atomic mass is 15.2. The first kappa shape index (κ1) is 9.62. The third-order valence-electron chi connectivity index (χ3n) is 2.81. The largest absolute Gasteiger partial charge is 0.330 e. The van der Waals surface area contributed by atoms with Crippen LogP contribution in [-0.2, 0) is 6.42 Å². The maximum atomic E-state index is 5.57. The molecule has 3 heteroatoms. The van der Waals surface area contributed by atoms with Crippen molar-refractivity contribution in [2.75, 3.05) is 26.2 Å². The first-order valence-corrected chi connectivity index (χ1v) is 5.20. The zero-order valence-corrected chi connectivity index (χ0v) is 8.39. The summed E-state index contributed by atoms with van der Waals surface area (Å²) >= 11 is 0. The Hall–Kier alpha value is -0.930. The third kappa shape index (κ3) is 2.30. The van der Waals surface area contributed by atoms with E-state index in [1.807, 2.05) is 18.5 Å².